The number of rotatable bonds is 4. The number of carbonyl (C=O) groups is 1. The lowest BCUT2D eigenvalue weighted by molar-refractivity contribution is -0.142. The lowest BCUT2D eigenvalue weighted by Crippen LogP contribution is -2.35. The van der Waals surface area contributed by atoms with Crippen molar-refractivity contribution in [3.63, 3.8) is 0 Å². The van der Waals surface area contributed by atoms with Gasteiger partial charge >= 0.3 is 5.97 Å². The van der Waals surface area contributed by atoms with E-state index in [1.807, 2.05) is 23.3 Å². The number of fused-ring (bicyclic) bond motifs is 1. The minimum Gasteiger partial charge on any atom is -0.486 e. The second kappa shape index (κ2) is 6.15. The van der Waals surface area contributed by atoms with E-state index >= 15 is 0 Å². The Labute approximate surface area is 128 Å². The van der Waals surface area contributed by atoms with E-state index in [0.717, 1.165) is 41.3 Å². The maximum absolute atomic E-state index is 11.3. The van der Waals surface area contributed by atoms with Gasteiger partial charge in [-0.1, -0.05) is 0 Å². The maximum atomic E-state index is 11.3. The molecular formula is C15H19NO4S. The normalized spacial score (nSPS) is 21.5. The van der Waals surface area contributed by atoms with Gasteiger partial charge in [0.05, 0.1) is 0 Å². The van der Waals surface area contributed by atoms with Gasteiger partial charge in [0.1, 0.15) is 19.3 Å². The summed E-state index contributed by atoms with van der Waals surface area (Å²) in [6.07, 6.45) is 3.69. The van der Waals surface area contributed by atoms with Gasteiger partial charge in [0.15, 0.2) is 11.5 Å². The molecule has 1 fully saturated rings. The van der Waals surface area contributed by atoms with E-state index in [1.165, 1.54) is 0 Å². The Kier molecular flexibility index (Phi) is 4.26. The average Bonchev–Trinajstić information content (AvgIpc) is 2.95. The molecule has 2 aliphatic rings. The minimum atomic E-state index is -0.726. The van der Waals surface area contributed by atoms with Crippen LogP contribution in [0.1, 0.15) is 18.4 Å². The van der Waals surface area contributed by atoms with Crippen LogP contribution in [0, 0.1) is 0 Å². The molecule has 2 heterocycles. The Morgan fingerprint density at radius 3 is 2.76 bits per heavy atom. The zero-order valence-electron chi connectivity index (χ0n) is 12.0. The van der Waals surface area contributed by atoms with E-state index in [4.69, 9.17) is 9.47 Å². The van der Waals surface area contributed by atoms with Crippen molar-refractivity contribution in [2.45, 2.75) is 30.3 Å². The van der Waals surface area contributed by atoms with E-state index in [1.54, 1.807) is 11.8 Å². The third-order valence-electron chi connectivity index (χ3n) is 3.97. The third kappa shape index (κ3) is 2.96. The lowest BCUT2D eigenvalue weighted by Gasteiger charge is -2.25. The van der Waals surface area contributed by atoms with Crippen LogP contribution in [0.25, 0.3) is 0 Å². The molecule has 0 amide bonds. The Morgan fingerprint density at radius 1 is 1.38 bits per heavy atom. The van der Waals surface area contributed by atoms with Crippen LogP contribution in [0.4, 0.5) is 0 Å². The van der Waals surface area contributed by atoms with Crippen LogP contribution < -0.4 is 9.47 Å². The minimum absolute atomic E-state index is 0.368. The smallest absolute Gasteiger partial charge is 0.320 e. The first kappa shape index (κ1) is 14.5. The molecule has 0 unspecified atom stereocenters. The first-order valence-electron chi connectivity index (χ1n) is 7.12. The molecule has 1 saturated heterocycles. The van der Waals surface area contributed by atoms with E-state index in [0.29, 0.717) is 19.8 Å². The van der Waals surface area contributed by atoms with Crippen LogP contribution in [0.3, 0.4) is 0 Å². The van der Waals surface area contributed by atoms with Crippen molar-refractivity contribution in [3.8, 4) is 11.5 Å². The monoisotopic (exact) mass is 309 g/mol. The van der Waals surface area contributed by atoms with Crippen LogP contribution in [0.5, 0.6) is 11.5 Å². The molecule has 1 N–H and O–H groups in total. The topological polar surface area (TPSA) is 59.0 Å². The molecule has 5 nitrogen and oxygen atoms in total. The highest BCUT2D eigenvalue weighted by Crippen LogP contribution is 2.37. The van der Waals surface area contributed by atoms with Gasteiger partial charge < -0.3 is 14.6 Å². The SMILES string of the molecule is CSc1cc2c(cc1CN1CCC[C@H]1C(=O)O)OCCO2. The second-order valence-electron chi connectivity index (χ2n) is 5.27. The largest absolute Gasteiger partial charge is 0.486 e. The molecule has 0 saturated carbocycles. The van der Waals surface area contributed by atoms with Crippen molar-refractivity contribution in [1.82, 2.24) is 4.90 Å². The van der Waals surface area contributed by atoms with Crippen molar-refractivity contribution in [2.24, 2.45) is 0 Å². The van der Waals surface area contributed by atoms with E-state index in [-0.39, 0.29) is 6.04 Å². The molecule has 1 atom stereocenters. The van der Waals surface area contributed by atoms with E-state index in [9.17, 15) is 9.90 Å². The first-order valence-corrected chi connectivity index (χ1v) is 8.35. The van der Waals surface area contributed by atoms with Gasteiger partial charge in [0, 0.05) is 11.4 Å². The van der Waals surface area contributed by atoms with Crippen molar-refractivity contribution in [2.75, 3.05) is 26.0 Å². The number of carboxylic acids is 1. The molecule has 6 heteroatoms. The lowest BCUT2D eigenvalue weighted by atomic mass is 10.1. The molecular weight excluding hydrogens is 290 g/mol. The zero-order chi connectivity index (χ0) is 14.8. The number of ether oxygens (including phenoxy) is 2. The van der Waals surface area contributed by atoms with Gasteiger partial charge in [0.2, 0.25) is 0 Å². The zero-order valence-corrected chi connectivity index (χ0v) is 12.8. The molecule has 0 radical (unpaired) electrons. The molecule has 114 valence electrons. The van der Waals surface area contributed by atoms with Crippen LogP contribution in [-0.2, 0) is 11.3 Å². The molecule has 0 aliphatic carbocycles. The molecule has 1 aromatic rings. The van der Waals surface area contributed by atoms with Crippen LogP contribution in [0.15, 0.2) is 17.0 Å². The highest BCUT2D eigenvalue weighted by Gasteiger charge is 2.31. The number of aliphatic carboxylic acids is 1. The Balaban J connectivity index is 1.85. The summed E-state index contributed by atoms with van der Waals surface area (Å²) in [5.41, 5.74) is 1.11. The first-order chi connectivity index (χ1) is 10.2. The van der Waals surface area contributed by atoms with Gasteiger partial charge in [-0.15, -0.1) is 11.8 Å². The summed E-state index contributed by atoms with van der Waals surface area (Å²) in [5.74, 6) is 0.821. The maximum Gasteiger partial charge on any atom is 0.320 e. The number of likely N-dealkylation sites (tertiary alicyclic amines) is 1. The molecule has 2 aliphatic heterocycles. The molecule has 3 rings (SSSR count). The quantitative estimate of drug-likeness (QED) is 0.861. The van der Waals surface area contributed by atoms with Crippen LogP contribution in [-0.4, -0.2) is 48.0 Å². The molecule has 0 bridgehead atoms. The highest BCUT2D eigenvalue weighted by atomic mass is 32.2. The van der Waals surface area contributed by atoms with Crippen LogP contribution >= 0.6 is 11.8 Å². The summed E-state index contributed by atoms with van der Waals surface area (Å²) in [6.45, 7) is 2.61. The van der Waals surface area contributed by atoms with Gasteiger partial charge in [-0.2, -0.15) is 0 Å². The number of hydrogen-bond donors (Lipinski definition) is 1. The summed E-state index contributed by atoms with van der Waals surface area (Å²) in [5, 5.41) is 9.29. The predicted molar refractivity (Wildman–Crippen MR) is 80.3 cm³/mol. The number of thioether (sulfide) groups is 1. The summed E-state index contributed by atoms with van der Waals surface area (Å²) in [4.78, 5) is 14.5. The standard InChI is InChI=1S/C15H19NO4S/c1-21-14-8-13-12(19-5-6-20-13)7-10(14)9-16-4-2-3-11(16)15(17)18/h7-8,11H,2-6,9H2,1H3,(H,17,18)/t11-/m0/s1. The van der Waals surface area contributed by atoms with Gasteiger partial charge in [-0.25, -0.2) is 0 Å². The van der Waals surface area contributed by atoms with Crippen molar-refractivity contribution in [1.29, 1.82) is 0 Å². The van der Waals surface area contributed by atoms with Crippen molar-refractivity contribution < 1.29 is 19.4 Å². The molecule has 1 aromatic carbocycles. The predicted octanol–water partition coefficient (Wildman–Crippen LogP) is 2.23. The number of hydrogen-bond acceptors (Lipinski definition) is 5. The van der Waals surface area contributed by atoms with Crippen molar-refractivity contribution in [3.05, 3.63) is 17.7 Å². The molecule has 21 heavy (non-hydrogen) atoms. The van der Waals surface area contributed by atoms with Gasteiger partial charge in [-0.05, 0) is 43.3 Å². The Hall–Kier alpha value is -1.40. The van der Waals surface area contributed by atoms with E-state index in [2.05, 4.69) is 0 Å². The molecule has 0 spiro atoms. The number of benzene rings is 1. The van der Waals surface area contributed by atoms with Gasteiger partial charge in [0.25, 0.3) is 0 Å². The summed E-state index contributed by atoms with van der Waals surface area (Å²) in [7, 11) is 0. The van der Waals surface area contributed by atoms with Crippen LogP contribution in [0.2, 0.25) is 0 Å². The fraction of sp³-hybridized carbons (Fsp3) is 0.533. The summed E-state index contributed by atoms with van der Waals surface area (Å²) in [6, 6.07) is 3.63. The fourth-order valence-corrected chi connectivity index (χ4v) is 3.55. The number of carboxylic acid groups (broad SMARTS) is 1. The van der Waals surface area contributed by atoms with E-state index < -0.39 is 5.97 Å². The molecule has 0 aromatic heterocycles. The van der Waals surface area contributed by atoms with Gasteiger partial charge in [-0.3, -0.25) is 9.69 Å². The summed E-state index contributed by atoms with van der Waals surface area (Å²) >= 11 is 1.65. The average molecular weight is 309 g/mol. The summed E-state index contributed by atoms with van der Waals surface area (Å²) < 4.78 is 11.2. The highest BCUT2D eigenvalue weighted by molar-refractivity contribution is 7.98. The third-order valence-corrected chi connectivity index (χ3v) is 4.79. The second-order valence-corrected chi connectivity index (χ2v) is 6.12. The van der Waals surface area contributed by atoms with Crippen molar-refractivity contribution >= 4 is 17.7 Å². The Bertz CT molecular complexity index is 549. The Morgan fingerprint density at radius 2 is 2.10 bits per heavy atom. The number of nitrogens with zero attached hydrogens (tertiary/aromatic N) is 1. The fourth-order valence-electron chi connectivity index (χ4n) is 2.94.